The minimum absolute atomic E-state index is 0.0287. The molecule has 1 aromatic heterocycles. The van der Waals surface area contributed by atoms with Crippen molar-refractivity contribution in [2.75, 3.05) is 0 Å². The third-order valence-electron chi connectivity index (χ3n) is 4.17. The van der Waals surface area contributed by atoms with Gasteiger partial charge in [-0.25, -0.2) is 0 Å². The maximum atomic E-state index is 12.6. The molecule has 1 amide bonds. The molecule has 0 fully saturated rings. The van der Waals surface area contributed by atoms with E-state index in [9.17, 15) is 31.1 Å². The van der Waals surface area contributed by atoms with E-state index >= 15 is 0 Å². The maximum absolute atomic E-state index is 12.6. The van der Waals surface area contributed by atoms with Gasteiger partial charge in [-0.2, -0.15) is 13.2 Å². The lowest BCUT2D eigenvalue weighted by Gasteiger charge is -2.10. The van der Waals surface area contributed by atoms with Crippen molar-refractivity contribution in [1.29, 1.82) is 0 Å². The Bertz CT molecular complexity index is 1050. The molecule has 3 rings (SSSR count). The normalized spacial score (nSPS) is 12.0. The van der Waals surface area contributed by atoms with Gasteiger partial charge in [0.15, 0.2) is 5.76 Å². The molecule has 164 valence electrons. The topological polar surface area (TPSA) is 64.4 Å². The van der Waals surface area contributed by atoms with Gasteiger partial charge in [-0.3, -0.25) is 4.79 Å². The molecule has 1 heterocycles. The van der Waals surface area contributed by atoms with Crippen molar-refractivity contribution < 1.29 is 40.4 Å². The van der Waals surface area contributed by atoms with E-state index in [0.717, 1.165) is 24.3 Å². The molecule has 0 saturated heterocycles. The van der Waals surface area contributed by atoms with Crippen LogP contribution in [0.5, 0.6) is 5.75 Å². The van der Waals surface area contributed by atoms with Crippen molar-refractivity contribution in [1.82, 2.24) is 10.5 Å². The summed E-state index contributed by atoms with van der Waals surface area (Å²) in [7, 11) is 0. The molecule has 0 aliphatic carbocycles. The number of benzene rings is 2. The molecule has 31 heavy (non-hydrogen) atoms. The van der Waals surface area contributed by atoms with Gasteiger partial charge < -0.3 is 14.6 Å². The summed E-state index contributed by atoms with van der Waals surface area (Å²) >= 11 is 0. The van der Waals surface area contributed by atoms with Crippen LogP contribution in [-0.4, -0.2) is 17.4 Å². The number of ether oxygens (including phenoxy) is 1. The minimum atomic E-state index is -4.84. The van der Waals surface area contributed by atoms with E-state index in [1.165, 1.54) is 31.2 Å². The third kappa shape index (κ3) is 5.56. The molecule has 0 aliphatic rings. The Morgan fingerprint density at radius 3 is 2.16 bits per heavy atom. The lowest BCUT2D eigenvalue weighted by atomic mass is 10.1. The Labute approximate surface area is 171 Å². The van der Waals surface area contributed by atoms with Crippen molar-refractivity contribution in [3.8, 4) is 17.1 Å². The molecule has 3 aromatic rings. The summed E-state index contributed by atoms with van der Waals surface area (Å²) in [6.07, 6.45) is -9.30. The summed E-state index contributed by atoms with van der Waals surface area (Å²) in [5.74, 6) is -1.02. The van der Waals surface area contributed by atoms with E-state index in [1.54, 1.807) is 0 Å². The number of halogens is 6. The highest BCUT2D eigenvalue weighted by molar-refractivity contribution is 6.00. The van der Waals surface area contributed by atoms with Gasteiger partial charge in [0.1, 0.15) is 11.3 Å². The molecule has 0 atom stereocenters. The van der Waals surface area contributed by atoms with Crippen LogP contribution in [0.15, 0.2) is 53.1 Å². The van der Waals surface area contributed by atoms with Crippen molar-refractivity contribution in [2.24, 2.45) is 0 Å². The number of aryl methyl sites for hydroxylation is 1. The minimum Gasteiger partial charge on any atom is -0.406 e. The number of hydrogen-bond donors (Lipinski definition) is 1. The quantitative estimate of drug-likeness (QED) is 0.528. The number of carbonyl (C=O) groups is 1. The lowest BCUT2D eigenvalue weighted by Crippen LogP contribution is -2.23. The van der Waals surface area contributed by atoms with Crippen LogP contribution in [0.1, 0.15) is 27.2 Å². The van der Waals surface area contributed by atoms with Crippen LogP contribution in [0.25, 0.3) is 11.3 Å². The first-order chi connectivity index (χ1) is 14.4. The van der Waals surface area contributed by atoms with Crippen LogP contribution in [0.4, 0.5) is 26.3 Å². The van der Waals surface area contributed by atoms with E-state index in [-0.39, 0.29) is 29.1 Å². The second-order valence-corrected chi connectivity index (χ2v) is 6.42. The highest BCUT2D eigenvalue weighted by Gasteiger charge is 2.31. The van der Waals surface area contributed by atoms with Crippen molar-refractivity contribution in [3.63, 3.8) is 0 Å². The summed E-state index contributed by atoms with van der Waals surface area (Å²) in [5, 5.41) is 6.28. The first kappa shape index (κ1) is 22.2. The van der Waals surface area contributed by atoms with E-state index < -0.39 is 29.8 Å². The van der Waals surface area contributed by atoms with Crippen LogP contribution in [-0.2, 0) is 12.7 Å². The number of alkyl halides is 6. The van der Waals surface area contributed by atoms with E-state index in [0.29, 0.717) is 5.56 Å². The zero-order chi connectivity index (χ0) is 22.8. The van der Waals surface area contributed by atoms with E-state index in [4.69, 9.17) is 4.52 Å². The van der Waals surface area contributed by atoms with E-state index in [2.05, 4.69) is 15.2 Å². The van der Waals surface area contributed by atoms with Crippen LogP contribution in [0.2, 0.25) is 0 Å². The molecule has 0 aliphatic heterocycles. The molecule has 1 N–H and O–H groups in total. The largest absolute Gasteiger partial charge is 0.573 e. The van der Waals surface area contributed by atoms with Gasteiger partial charge in [-0.1, -0.05) is 17.3 Å². The average molecular weight is 444 g/mol. The number of nitrogens with one attached hydrogen (secondary N) is 1. The fourth-order valence-corrected chi connectivity index (χ4v) is 2.72. The van der Waals surface area contributed by atoms with Gasteiger partial charge in [0, 0.05) is 12.1 Å². The van der Waals surface area contributed by atoms with Crippen molar-refractivity contribution >= 4 is 5.91 Å². The summed E-state index contributed by atoms with van der Waals surface area (Å²) in [4.78, 5) is 12.6. The monoisotopic (exact) mass is 444 g/mol. The second-order valence-electron chi connectivity index (χ2n) is 6.42. The molecule has 0 radical (unpaired) electrons. The fourth-order valence-electron chi connectivity index (χ4n) is 2.72. The molecular formula is C20H14F6N2O3. The Morgan fingerprint density at radius 2 is 1.61 bits per heavy atom. The third-order valence-corrected chi connectivity index (χ3v) is 4.17. The predicted molar refractivity (Wildman–Crippen MR) is 96.0 cm³/mol. The molecule has 5 nitrogen and oxygen atoms in total. The Hall–Kier alpha value is -3.50. The number of amides is 1. The Kier molecular flexibility index (Phi) is 5.96. The van der Waals surface area contributed by atoms with Crippen LogP contribution >= 0.6 is 0 Å². The fraction of sp³-hybridized carbons (Fsp3) is 0.200. The Balaban J connectivity index is 1.74. The van der Waals surface area contributed by atoms with Gasteiger partial charge in [0.25, 0.3) is 5.91 Å². The zero-order valence-corrected chi connectivity index (χ0v) is 15.8. The summed E-state index contributed by atoms with van der Waals surface area (Å²) in [6, 6.07) is 8.95. The van der Waals surface area contributed by atoms with Gasteiger partial charge in [0.05, 0.1) is 11.3 Å². The summed E-state index contributed by atoms with van der Waals surface area (Å²) in [5.41, 5.74) is 0.199. The summed E-state index contributed by atoms with van der Waals surface area (Å²) in [6.45, 7) is 1.45. The SMILES string of the molecule is Cc1noc(-c2ccc(OC(F)(F)F)cc2)c1C(=O)NCc1ccc(C(F)(F)F)cc1. The molecule has 2 aromatic carbocycles. The standard InChI is InChI=1S/C20H14F6N2O3/c1-11-16(18(29)27-10-12-2-6-14(7-3-12)19(21,22)23)17(31-28-11)13-4-8-15(9-5-13)30-20(24,25)26/h2-9H,10H2,1H3,(H,27,29). The van der Waals surface area contributed by atoms with Crippen molar-refractivity contribution in [3.05, 3.63) is 70.9 Å². The van der Waals surface area contributed by atoms with Gasteiger partial charge in [-0.05, 0) is 48.9 Å². The Morgan fingerprint density at radius 1 is 1.00 bits per heavy atom. The molecule has 0 unspecified atom stereocenters. The van der Waals surface area contributed by atoms with Gasteiger partial charge in [-0.15, -0.1) is 13.2 Å². The second kappa shape index (κ2) is 8.32. The first-order valence-corrected chi connectivity index (χ1v) is 8.71. The number of carbonyl (C=O) groups excluding carboxylic acids is 1. The summed E-state index contributed by atoms with van der Waals surface area (Å²) < 4.78 is 83.7. The zero-order valence-electron chi connectivity index (χ0n) is 15.8. The molecule has 0 spiro atoms. The van der Waals surface area contributed by atoms with Crippen LogP contribution in [0.3, 0.4) is 0 Å². The average Bonchev–Trinajstić information content (AvgIpc) is 3.06. The van der Waals surface area contributed by atoms with Crippen LogP contribution in [0, 0.1) is 6.92 Å². The first-order valence-electron chi connectivity index (χ1n) is 8.71. The highest BCUT2D eigenvalue weighted by atomic mass is 19.4. The lowest BCUT2D eigenvalue weighted by molar-refractivity contribution is -0.274. The number of nitrogens with zero attached hydrogens (tertiary/aromatic N) is 1. The van der Waals surface area contributed by atoms with Gasteiger partial charge in [0.2, 0.25) is 0 Å². The molecular weight excluding hydrogens is 430 g/mol. The van der Waals surface area contributed by atoms with Crippen molar-refractivity contribution in [2.45, 2.75) is 26.0 Å². The molecule has 0 bridgehead atoms. The van der Waals surface area contributed by atoms with E-state index in [1.807, 2.05) is 0 Å². The number of rotatable bonds is 5. The maximum Gasteiger partial charge on any atom is 0.573 e. The number of hydrogen-bond acceptors (Lipinski definition) is 4. The predicted octanol–water partition coefficient (Wildman–Crippen LogP) is 5.50. The smallest absolute Gasteiger partial charge is 0.406 e. The highest BCUT2D eigenvalue weighted by Crippen LogP contribution is 2.31. The number of aromatic nitrogens is 1. The van der Waals surface area contributed by atoms with Crippen LogP contribution < -0.4 is 10.1 Å². The molecule has 11 heteroatoms. The van der Waals surface area contributed by atoms with Gasteiger partial charge >= 0.3 is 12.5 Å². The molecule has 0 saturated carbocycles.